The Balaban J connectivity index is 2.46. The number of rotatable bonds is 6. The third-order valence-electron chi connectivity index (χ3n) is 2.90. The van der Waals surface area contributed by atoms with E-state index in [-0.39, 0.29) is 16.3 Å². The minimum atomic E-state index is -4.78. The first-order valence-electron chi connectivity index (χ1n) is 7.04. The van der Waals surface area contributed by atoms with Crippen LogP contribution in [0.5, 0.6) is 5.75 Å². The maximum absolute atomic E-state index is 12.7. The molecule has 0 saturated heterocycles. The van der Waals surface area contributed by atoms with E-state index in [1.54, 1.807) is 26.2 Å². The molecule has 0 aliphatic carbocycles. The summed E-state index contributed by atoms with van der Waals surface area (Å²) in [7, 11) is -1.44. The first-order valence-corrected chi connectivity index (χ1v) is 10.6. The summed E-state index contributed by atoms with van der Waals surface area (Å²) in [4.78, 5) is 0.588. The molecule has 1 unspecified atom stereocenters. The van der Waals surface area contributed by atoms with Crippen molar-refractivity contribution in [3.8, 4) is 5.75 Å². The van der Waals surface area contributed by atoms with Crippen LogP contribution in [0, 0.1) is 0 Å². The van der Waals surface area contributed by atoms with E-state index in [2.05, 4.69) is 14.5 Å². The molecule has 128 valence electrons. The molecule has 0 spiro atoms. The molecule has 0 heterocycles. The number of nitrogens with zero attached hydrogens (tertiary/aromatic N) is 3. The van der Waals surface area contributed by atoms with Gasteiger partial charge >= 0.3 is 153 Å². The van der Waals surface area contributed by atoms with Gasteiger partial charge in [0.05, 0.1) is 0 Å². The van der Waals surface area contributed by atoms with Gasteiger partial charge in [-0.15, -0.1) is 0 Å². The maximum atomic E-state index is 12.7. The first-order chi connectivity index (χ1) is 11.7. The van der Waals surface area contributed by atoms with Crippen molar-refractivity contribution in [1.29, 1.82) is 0 Å². The monoisotopic (exact) mass is 391 g/mol. The molecular formula is C14H14N3NaO5S2. The molecule has 2 rings (SSSR count). The summed E-state index contributed by atoms with van der Waals surface area (Å²) in [5.74, 6) is -0.272. The van der Waals surface area contributed by atoms with E-state index in [4.69, 9.17) is 4.55 Å². The van der Waals surface area contributed by atoms with Gasteiger partial charge in [0.1, 0.15) is 0 Å². The van der Waals surface area contributed by atoms with E-state index >= 15 is 0 Å². The average molecular weight is 391 g/mol. The van der Waals surface area contributed by atoms with Crippen LogP contribution in [0.25, 0.3) is 0 Å². The van der Waals surface area contributed by atoms with Crippen LogP contribution in [0.15, 0.2) is 62.6 Å². The van der Waals surface area contributed by atoms with Gasteiger partial charge in [-0.1, -0.05) is 0 Å². The molecule has 25 heavy (non-hydrogen) atoms. The molecule has 0 aliphatic heterocycles. The molecule has 8 nitrogen and oxygen atoms in total. The Morgan fingerprint density at radius 1 is 1.20 bits per heavy atom. The second-order valence-corrected chi connectivity index (χ2v) is 8.89. The Labute approximate surface area is 166 Å². The van der Waals surface area contributed by atoms with Gasteiger partial charge in [0.2, 0.25) is 0 Å². The molecule has 11 heteroatoms. The Bertz CT molecular complexity index is 873. The number of hydrogen-bond acceptors (Lipinski definition) is 6. The van der Waals surface area contributed by atoms with Crippen molar-refractivity contribution in [3.63, 3.8) is 0 Å². The van der Waals surface area contributed by atoms with Crippen molar-refractivity contribution in [2.75, 3.05) is 14.1 Å². The van der Waals surface area contributed by atoms with Gasteiger partial charge in [-0.25, -0.2) is 0 Å². The van der Waals surface area contributed by atoms with Gasteiger partial charge in [0, 0.05) is 14.1 Å². The Kier molecular flexibility index (Phi) is 6.86. The van der Waals surface area contributed by atoms with Crippen LogP contribution in [0.3, 0.4) is 0 Å². The van der Waals surface area contributed by atoms with Crippen LogP contribution in [-0.4, -0.2) is 64.6 Å². The van der Waals surface area contributed by atoms with E-state index in [1.165, 1.54) is 23.2 Å². The van der Waals surface area contributed by atoms with Gasteiger partial charge in [0.15, 0.2) is 0 Å². The number of hydrogen-bond donors (Lipinski definition) is 1. The first kappa shape index (κ1) is 20.2. The third kappa shape index (κ3) is 6.26. The quantitative estimate of drug-likeness (QED) is 0.262. The molecular weight excluding hydrogens is 377 g/mol. The molecule has 0 amide bonds. The van der Waals surface area contributed by atoms with E-state index in [1.807, 2.05) is 12.1 Å². The van der Waals surface area contributed by atoms with E-state index in [0.29, 0.717) is 4.90 Å². The number of benzene rings is 2. The standard InChI is InChI=1S/C14H14N3O5S2.Na/c1-17(2)16-15-11-8-9-14(13(10-11)22-24(19,20)21)23(18)12-6-4-3-5-7-12;/h4-10H,1-2H3,(H,19,20,21);. The van der Waals surface area contributed by atoms with Crippen LogP contribution in [0.2, 0.25) is 0 Å². The summed E-state index contributed by atoms with van der Waals surface area (Å²) in [6, 6.07) is 11.3. The second kappa shape index (κ2) is 8.49. The third-order valence-corrected chi connectivity index (χ3v) is 5.39. The molecule has 2 aromatic carbocycles. The van der Waals surface area contributed by atoms with Crippen molar-refractivity contribution in [2.45, 2.75) is 9.79 Å². The Morgan fingerprint density at radius 3 is 2.40 bits per heavy atom. The van der Waals surface area contributed by atoms with Crippen molar-refractivity contribution in [3.05, 3.63) is 42.5 Å². The van der Waals surface area contributed by atoms with Gasteiger partial charge in [-0.3, -0.25) is 0 Å². The topological polar surface area (TPSA) is 115 Å². The molecule has 2 aromatic rings. The summed E-state index contributed by atoms with van der Waals surface area (Å²) in [6.45, 7) is 0. The van der Waals surface area contributed by atoms with Gasteiger partial charge in [0.25, 0.3) is 0 Å². The molecule has 0 fully saturated rings. The molecule has 0 aromatic heterocycles. The summed E-state index contributed by atoms with van der Waals surface area (Å²) >= 11 is -0.825. The summed E-state index contributed by atoms with van der Waals surface area (Å²) < 4.78 is 49.7. The minimum absolute atomic E-state index is 0.0996. The van der Waals surface area contributed by atoms with Crippen molar-refractivity contribution in [1.82, 2.24) is 5.01 Å². The predicted octanol–water partition coefficient (Wildman–Crippen LogP) is 1.39. The van der Waals surface area contributed by atoms with Gasteiger partial charge in [-0.05, 0) is 0 Å². The van der Waals surface area contributed by atoms with Gasteiger partial charge < -0.3 is 0 Å². The molecule has 1 atom stereocenters. The second-order valence-electron chi connectivity index (χ2n) is 5.26. The van der Waals surface area contributed by atoms with Crippen LogP contribution in [0.1, 0.15) is 0 Å². The SMILES string of the molecule is CN(C)N=Nc1ccc([S+]([O-])c2cc[c]([Na])cc2)c(OS(=O)(=O)O)c1. The van der Waals surface area contributed by atoms with Crippen molar-refractivity contribution in [2.24, 2.45) is 10.3 Å². The molecule has 0 aliphatic rings. The molecule has 0 saturated carbocycles. The van der Waals surface area contributed by atoms with Crippen LogP contribution >= 0.6 is 0 Å². The molecule has 0 bridgehead atoms. The van der Waals surface area contributed by atoms with Crippen LogP contribution < -0.4 is 7.00 Å². The van der Waals surface area contributed by atoms with Crippen LogP contribution in [-0.2, 0) is 21.6 Å². The fraction of sp³-hybridized carbons (Fsp3) is 0.143. The molecule has 1 N–H and O–H groups in total. The summed E-state index contributed by atoms with van der Waals surface area (Å²) in [5, 5.41) is 9.12. The van der Waals surface area contributed by atoms with E-state index in [9.17, 15) is 13.0 Å². The summed E-state index contributed by atoms with van der Waals surface area (Å²) in [6.07, 6.45) is 0. The Morgan fingerprint density at radius 2 is 1.84 bits per heavy atom. The zero-order chi connectivity index (χ0) is 18.6. The van der Waals surface area contributed by atoms with Crippen molar-refractivity contribution < 1.29 is 21.7 Å². The van der Waals surface area contributed by atoms with E-state index in [0.717, 1.165) is 30.7 Å². The zero-order valence-corrected chi connectivity index (χ0v) is 17.4. The van der Waals surface area contributed by atoms with Crippen molar-refractivity contribution >= 4 is 58.0 Å². The zero-order valence-electron chi connectivity index (χ0n) is 13.8. The fourth-order valence-corrected chi connectivity index (χ4v) is 3.68. The predicted molar refractivity (Wildman–Crippen MR) is 93.3 cm³/mol. The molecule has 0 radical (unpaired) electrons. The van der Waals surface area contributed by atoms with Gasteiger partial charge in [-0.2, -0.15) is 0 Å². The fourth-order valence-electron chi connectivity index (χ4n) is 1.82. The van der Waals surface area contributed by atoms with E-state index < -0.39 is 21.6 Å². The normalized spacial score (nSPS) is 13.0. The average Bonchev–Trinajstić information content (AvgIpc) is 2.51. The van der Waals surface area contributed by atoms with Crippen LogP contribution in [0.4, 0.5) is 5.69 Å². The Hall–Kier alpha value is -1.14. The summed E-state index contributed by atoms with van der Waals surface area (Å²) in [5.41, 5.74) is 0.281.